The second kappa shape index (κ2) is 9.27. The van der Waals surface area contributed by atoms with Gasteiger partial charge in [0, 0.05) is 0 Å². The summed E-state index contributed by atoms with van der Waals surface area (Å²) in [6.45, 7) is 6.87. The predicted molar refractivity (Wildman–Crippen MR) is 115 cm³/mol. The van der Waals surface area contributed by atoms with Crippen LogP contribution < -0.4 is 0 Å². The summed E-state index contributed by atoms with van der Waals surface area (Å²) in [5.74, 6) is 0.402. The fourth-order valence-corrected chi connectivity index (χ4v) is 3.89. The van der Waals surface area contributed by atoms with E-state index in [-0.39, 0.29) is 5.56 Å². The topological polar surface area (TPSA) is 43.4 Å². The van der Waals surface area contributed by atoms with Gasteiger partial charge in [-0.15, -0.1) is 5.54 Å². The average Bonchev–Trinajstić information content (AvgIpc) is 2.65. The first-order chi connectivity index (χ1) is 14.9. The predicted octanol–water partition coefficient (Wildman–Crippen LogP) is 6.57. The lowest BCUT2D eigenvalue weighted by molar-refractivity contribution is -0.137. The number of benzene rings is 2. The quantitative estimate of drug-likeness (QED) is 0.155. The minimum absolute atomic E-state index is 0.361. The standard InChI is InChI=1S/C22H20F6O3SSi/c1-15-5-11-18(12-6-15)32(29,30)31-20(22(26,27)28)19(13-14-33(2,3)4)16-7-9-17(10-8-16)21(23,24)25/h5-12H,1-4H3/b20-19+. The third kappa shape index (κ3) is 7.40. The molecule has 0 atom stereocenters. The highest BCUT2D eigenvalue weighted by atomic mass is 32.2. The van der Waals surface area contributed by atoms with Gasteiger partial charge in [-0.3, -0.25) is 0 Å². The number of halogens is 6. The van der Waals surface area contributed by atoms with Crippen LogP contribution in [0, 0.1) is 18.4 Å². The van der Waals surface area contributed by atoms with Gasteiger partial charge in [0.2, 0.25) is 5.76 Å². The summed E-state index contributed by atoms with van der Waals surface area (Å²) in [4.78, 5) is -0.514. The molecule has 2 aromatic carbocycles. The van der Waals surface area contributed by atoms with Crippen molar-refractivity contribution in [3.05, 3.63) is 71.0 Å². The Balaban J connectivity index is 2.75. The van der Waals surface area contributed by atoms with E-state index in [0.29, 0.717) is 17.7 Å². The largest absolute Gasteiger partial charge is 0.452 e. The van der Waals surface area contributed by atoms with Crippen LogP contribution in [0.2, 0.25) is 19.6 Å². The van der Waals surface area contributed by atoms with Crippen LogP contribution in [0.25, 0.3) is 5.57 Å². The Hall–Kier alpha value is -2.71. The molecule has 178 valence electrons. The van der Waals surface area contributed by atoms with Crippen LogP contribution in [0.5, 0.6) is 0 Å². The zero-order valence-electron chi connectivity index (χ0n) is 18.0. The van der Waals surface area contributed by atoms with E-state index in [0.717, 1.165) is 24.3 Å². The van der Waals surface area contributed by atoms with Crippen molar-refractivity contribution in [3.8, 4) is 11.5 Å². The summed E-state index contributed by atoms with van der Waals surface area (Å²) in [5.41, 5.74) is 1.05. The summed E-state index contributed by atoms with van der Waals surface area (Å²) in [6.07, 6.45) is -10.0. The van der Waals surface area contributed by atoms with Gasteiger partial charge in [-0.2, -0.15) is 34.8 Å². The first-order valence-corrected chi connectivity index (χ1v) is 14.3. The van der Waals surface area contributed by atoms with E-state index in [4.69, 9.17) is 0 Å². The SMILES string of the molecule is Cc1ccc(S(=O)(=O)O/C(=C(\C#C[Si](C)(C)C)c2ccc(C(F)(F)F)cc2)C(F)(F)F)cc1. The van der Waals surface area contributed by atoms with Gasteiger partial charge >= 0.3 is 22.5 Å². The molecule has 0 aliphatic carbocycles. The number of hydrogen-bond donors (Lipinski definition) is 0. The zero-order chi connectivity index (χ0) is 25.2. The number of aryl methyl sites for hydroxylation is 1. The molecule has 11 heteroatoms. The van der Waals surface area contributed by atoms with E-state index in [9.17, 15) is 34.8 Å². The Morgan fingerprint density at radius 3 is 1.82 bits per heavy atom. The molecule has 0 aromatic heterocycles. The molecule has 0 aliphatic rings. The van der Waals surface area contributed by atoms with E-state index in [1.54, 1.807) is 26.6 Å². The molecule has 2 rings (SSSR count). The normalized spacial score (nSPS) is 13.6. The van der Waals surface area contributed by atoms with E-state index in [1.807, 2.05) is 0 Å². The van der Waals surface area contributed by atoms with Crippen molar-refractivity contribution in [2.45, 2.75) is 43.8 Å². The number of allylic oxidation sites excluding steroid dienone is 2. The molecular weight excluding hydrogens is 486 g/mol. The molecule has 0 saturated heterocycles. The first kappa shape index (κ1) is 26.5. The molecule has 0 N–H and O–H groups in total. The lowest BCUT2D eigenvalue weighted by Gasteiger charge is -2.17. The highest BCUT2D eigenvalue weighted by Gasteiger charge is 2.42. The lowest BCUT2D eigenvalue weighted by atomic mass is 10.0. The molecule has 0 aliphatic heterocycles. The highest BCUT2D eigenvalue weighted by molar-refractivity contribution is 7.86. The van der Waals surface area contributed by atoms with Gasteiger partial charge in [0.25, 0.3) is 0 Å². The third-order valence-corrected chi connectivity index (χ3v) is 6.16. The van der Waals surface area contributed by atoms with Crippen molar-refractivity contribution >= 4 is 23.8 Å². The van der Waals surface area contributed by atoms with Gasteiger partial charge in [0.1, 0.15) is 13.0 Å². The summed E-state index contributed by atoms with van der Waals surface area (Å²) in [7, 11) is -7.19. The van der Waals surface area contributed by atoms with Crippen molar-refractivity contribution < 1.29 is 38.9 Å². The summed E-state index contributed by atoms with van der Waals surface area (Å²) in [5, 5.41) is 0. The number of rotatable bonds is 4. The molecule has 2 aromatic rings. The fourth-order valence-electron chi connectivity index (χ4n) is 2.43. The second-order valence-corrected chi connectivity index (χ2v) is 14.4. The van der Waals surface area contributed by atoms with Crippen molar-refractivity contribution in [1.82, 2.24) is 0 Å². The maximum Gasteiger partial charge on any atom is 0.452 e. The van der Waals surface area contributed by atoms with Gasteiger partial charge in [0.05, 0.1) is 11.1 Å². The van der Waals surface area contributed by atoms with Crippen LogP contribution in [0.1, 0.15) is 16.7 Å². The Morgan fingerprint density at radius 1 is 0.879 bits per heavy atom. The van der Waals surface area contributed by atoms with Crippen LogP contribution in [0.4, 0.5) is 26.3 Å². The molecule has 0 heterocycles. The van der Waals surface area contributed by atoms with Crippen molar-refractivity contribution in [3.63, 3.8) is 0 Å². The number of alkyl halides is 6. The first-order valence-electron chi connectivity index (χ1n) is 9.43. The maximum absolute atomic E-state index is 14.0. The number of hydrogen-bond acceptors (Lipinski definition) is 3. The van der Waals surface area contributed by atoms with Crippen molar-refractivity contribution in [1.29, 1.82) is 0 Å². The van der Waals surface area contributed by atoms with Crippen molar-refractivity contribution in [2.24, 2.45) is 0 Å². The molecule has 0 unspecified atom stereocenters. The fraction of sp³-hybridized carbons (Fsp3) is 0.273. The van der Waals surface area contributed by atoms with Gasteiger partial charge in [-0.25, -0.2) is 0 Å². The Kier molecular flexibility index (Phi) is 7.45. The highest BCUT2D eigenvalue weighted by Crippen LogP contribution is 2.37. The van der Waals surface area contributed by atoms with E-state index in [1.165, 1.54) is 12.1 Å². The Labute approximate surface area is 189 Å². The van der Waals surface area contributed by atoms with Gasteiger partial charge in [-0.05, 0) is 36.8 Å². The monoisotopic (exact) mass is 506 g/mol. The summed E-state index contributed by atoms with van der Waals surface area (Å²) in [6, 6.07) is 7.72. The molecular formula is C22H20F6O3SSi. The lowest BCUT2D eigenvalue weighted by Crippen LogP contribution is -2.21. The molecule has 0 amide bonds. The van der Waals surface area contributed by atoms with Crippen LogP contribution >= 0.6 is 0 Å². The second-order valence-electron chi connectivity index (χ2n) is 8.13. The molecule has 0 radical (unpaired) electrons. The summed E-state index contributed by atoms with van der Waals surface area (Å²) >= 11 is 0. The molecule has 0 saturated carbocycles. The minimum atomic E-state index is -5.30. The van der Waals surface area contributed by atoms with Gasteiger partial charge in [0.15, 0.2) is 0 Å². The average molecular weight is 507 g/mol. The molecule has 33 heavy (non-hydrogen) atoms. The van der Waals surface area contributed by atoms with Gasteiger partial charge < -0.3 is 4.18 Å². The van der Waals surface area contributed by atoms with Crippen LogP contribution in [-0.2, 0) is 20.5 Å². The zero-order valence-corrected chi connectivity index (χ0v) is 19.8. The minimum Gasteiger partial charge on any atom is -0.372 e. The van der Waals surface area contributed by atoms with E-state index < -0.39 is 52.3 Å². The van der Waals surface area contributed by atoms with Crippen LogP contribution in [0.15, 0.2) is 59.2 Å². The molecule has 0 fully saturated rings. The third-order valence-electron chi connectivity index (χ3n) is 4.05. The maximum atomic E-state index is 14.0. The summed E-state index contributed by atoms with van der Waals surface area (Å²) < 4.78 is 110. The molecule has 0 spiro atoms. The molecule has 3 nitrogen and oxygen atoms in total. The smallest absolute Gasteiger partial charge is 0.372 e. The van der Waals surface area contributed by atoms with E-state index >= 15 is 0 Å². The van der Waals surface area contributed by atoms with Crippen LogP contribution in [-0.4, -0.2) is 22.7 Å². The van der Waals surface area contributed by atoms with Crippen molar-refractivity contribution in [2.75, 3.05) is 0 Å². The van der Waals surface area contributed by atoms with E-state index in [2.05, 4.69) is 15.6 Å². The van der Waals surface area contributed by atoms with Crippen LogP contribution in [0.3, 0.4) is 0 Å². The Bertz CT molecular complexity index is 1190. The molecule has 0 bridgehead atoms. The van der Waals surface area contributed by atoms with Gasteiger partial charge in [-0.1, -0.05) is 55.4 Å². The Morgan fingerprint density at radius 2 is 1.39 bits per heavy atom.